The van der Waals surface area contributed by atoms with E-state index in [0.717, 1.165) is 11.8 Å². The minimum atomic E-state index is -0.699. The van der Waals surface area contributed by atoms with Gasteiger partial charge in [0.05, 0.1) is 17.8 Å². The van der Waals surface area contributed by atoms with Gasteiger partial charge in [-0.3, -0.25) is 14.3 Å². The third-order valence-corrected chi connectivity index (χ3v) is 5.34. The normalized spacial score (nSPS) is 15.8. The summed E-state index contributed by atoms with van der Waals surface area (Å²) in [4.78, 5) is 26.2. The molecule has 1 amide bonds. The largest absolute Gasteiger partial charge is 0.502 e. The first-order valence-electron chi connectivity index (χ1n) is 10.0. The molecule has 0 fully saturated rings. The minimum absolute atomic E-state index is 0.133. The van der Waals surface area contributed by atoms with Gasteiger partial charge in [0.1, 0.15) is 6.04 Å². The van der Waals surface area contributed by atoms with Crippen LogP contribution in [0.4, 0.5) is 0 Å². The van der Waals surface area contributed by atoms with Crippen LogP contribution in [0.5, 0.6) is 5.75 Å². The molecule has 0 spiro atoms. The third kappa shape index (κ3) is 3.52. The first kappa shape index (κ1) is 21.0. The maximum atomic E-state index is 12.8. The summed E-state index contributed by atoms with van der Waals surface area (Å²) in [5, 5.41) is 19.3. The smallest absolute Gasteiger partial charge is 0.275 e. The van der Waals surface area contributed by atoms with Crippen LogP contribution in [-0.4, -0.2) is 49.1 Å². The van der Waals surface area contributed by atoms with Gasteiger partial charge in [0.25, 0.3) is 5.91 Å². The fraction of sp³-hybridized carbons (Fsp3) is 0.250. The minimum Gasteiger partial charge on any atom is -0.502 e. The van der Waals surface area contributed by atoms with E-state index < -0.39 is 29.2 Å². The number of aromatic nitrogens is 4. The number of aromatic hydroxyl groups is 1. The zero-order valence-corrected chi connectivity index (χ0v) is 17.9. The SMILES string of the molecule is CC#Cc1cn([C@@H](c2ccccc2)[C@H]2CN(C)C(=O)c3c(O)c(=O)cnn32)nc1C#CC. The molecule has 0 saturated carbocycles. The van der Waals surface area contributed by atoms with Gasteiger partial charge >= 0.3 is 0 Å². The molecule has 0 saturated heterocycles. The van der Waals surface area contributed by atoms with Gasteiger partial charge < -0.3 is 10.0 Å². The number of hydrogen-bond acceptors (Lipinski definition) is 5. The first-order valence-corrected chi connectivity index (χ1v) is 10.0. The maximum Gasteiger partial charge on any atom is 0.275 e. The Kier molecular flexibility index (Phi) is 5.53. The van der Waals surface area contributed by atoms with Gasteiger partial charge in [0, 0.05) is 19.8 Å². The summed E-state index contributed by atoms with van der Waals surface area (Å²) in [6.45, 7) is 3.78. The van der Waals surface area contributed by atoms with Gasteiger partial charge in [0.15, 0.2) is 17.1 Å². The van der Waals surface area contributed by atoms with E-state index >= 15 is 0 Å². The lowest BCUT2D eigenvalue weighted by Gasteiger charge is -2.37. The summed E-state index contributed by atoms with van der Waals surface area (Å²) < 4.78 is 3.19. The second-order valence-corrected chi connectivity index (χ2v) is 7.38. The molecule has 1 N–H and O–H groups in total. The van der Waals surface area contributed by atoms with Crippen molar-refractivity contribution in [3.05, 3.63) is 75.5 Å². The van der Waals surface area contributed by atoms with Crippen molar-refractivity contribution in [2.75, 3.05) is 13.6 Å². The average Bonchev–Trinajstić information content (AvgIpc) is 3.17. The van der Waals surface area contributed by atoms with Crippen LogP contribution in [0.1, 0.15) is 53.2 Å². The highest BCUT2D eigenvalue weighted by Crippen LogP contribution is 2.35. The molecule has 1 aromatic carbocycles. The Morgan fingerprint density at radius 3 is 2.53 bits per heavy atom. The van der Waals surface area contributed by atoms with Crippen molar-refractivity contribution in [2.24, 2.45) is 0 Å². The molecular weight excluding hydrogens is 406 g/mol. The molecular formula is C24H21N5O3. The van der Waals surface area contributed by atoms with Crippen LogP contribution in [0.3, 0.4) is 0 Å². The lowest BCUT2D eigenvalue weighted by Crippen LogP contribution is -2.46. The van der Waals surface area contributed by atoms with Crippen molar-refractivity contribution in [3.63, 3.8) is 0 Å². The van der Waals surface area contributed by atoms with Crippen LogP contribution < -0.4 is 5.43 Å². The molecule has 3 heterocycles. The van der Waals surface area contributed by atoms with Gasteiger partial charge in [-0.2, -0.15) is 10.2 Å². The van der Waals surface area contributed by atoms with E-state index in [1.807, 2.05) is 36.5 Å². The van der Waals surface area contributed by atoms with Crippen LogP contribution in [0, 0.1) is 23.7 Å². The van der Waals surface area contributed by atoms with Crippen molar-refractivity contribution < 1.29 is 9.90 Å². The second-order valence-electron chi connectivity index (χ2n) is 7.38. The molecule has 0 aliphatic carbocycles. The highest BCUT2D eigenvalue weighted by Gasteiger charge is 2.39. The third-order valence-electron chi connectivity index (χ3n) is 5.34. The fourth-order valence-corrected chi connectivity index (χ4v) is 3.94. The summed E-state index contributed by atoms with van der Waals surface area (Å²) in [6, 6.07) is 8.80. The Balaban J connectivity index is 1.97. The van der Waals surface area contributed by atoms with Crippen LogP contribution in [0.25, 0.3) is 0 Å². The van der Waals surface area contributed by atoms with Gasteiger partial charge in [-0.15, -0.1) is 5.92 Å². The Morgan fingerprint density at radius 2 is 1.84 bits per heavy atom. The number of benzene rings is 1. The molecule has 4 rings (SSSR count). The van der Waals surface area contributed by atoms with Gasteiger partial charge in [0.2, 0.25) is 5.43 Å². The second kappa shape index (κ2) is 8.44. The Bertz CT molecular complexity index is 1330. The van der Waals surface area contributed by atoms with E-state index in [-0.39, 0.29) is 5.69 Å². The molecule has 1 aliphatic rings. The summed E-state index contributed by atoms with van der Waals surface area (Å²) in [6.07, 6.45) is 2.85. The number of likely N-dealkylation sites (N-methyl/N-ethyl adjacent to an activating group) is 1. The lowest BCUT2D eigenvalue weighted by atomic mass is 9.97. The fourth-order valence-electron chi connectivity index (χ4n) is 3.94. The van der Waals surface area contributed by atoms with E-state index in [0.29, 0.717) is 17.8 Å². The van der Waals surface area contributed by atoms with E-state index in [1.54, 1.807) is 25.6 Å². The molecule has 3 aromatic rings. The number of nitrogens with zero attached hydrogens (tertiary/aromatic N) is 5. The van der Waals surface area contributed by atoms with Crippen molar-refractivity contribution in [1.82, 2.24) is 24.5 Å². The monoisotopic (exact) mass is 427 g/mol. The molecule has 0 unspecified atom stereocenters. The topological polar surface area (TPSA) is 93.3 Å². The molecule has 1 aliphatic heterocycles. The molecule has 160 valence electrons. The summed E-state index contributed by atoms with van der Waals surface area (Å²) >= 11 is 0. The first-order chi connectivity index (χ1) is 15.5. The predicted molar refractivity (Wildman–Crippen MR) is 118 cm³/mol. The van der Waals surface area contributed by atoms with E-state index in [4.69, 9.17) is 5.10 Å². The molecule has 2 atom stereocenters. The van der Waals surface area contributed by atoms with Gasteiger partial charge in [-0.05, 0) is 25.3 Å². The van der Waals surface area contributed by atoms with E-state index in [9.17, 15) is 14.7 Å². The standard InChI is InChI=1S/C24H21N5O3/c1-4-9-17-14-28(26-18(17)10-5-2)21(16-11-7-6-8-12-16)19-15-27(3)24(32)22-23(31)20(30)13-25-29(19)22/h6-8,11-14,19,21,31H,15H2,1-3H3/t19-,21+/m1/s1. The number of rotatable bonds is 3. The Morgan fingerprint density at radius 1 is 1.12 bits per heavy atom. The van der Waals surface area contributed by atoms with Crippen LogP contribution in [0.15, 0.2) is 47.5 Å². The number of hydrogen-bond donors (Lipinski definition) is 1. The number of carbonyl (C=O) groups is 1. The van der Waals surface area contributed by atoms with Crippen LogP contribution >= 0.6 is 0 Å². The van der Waals surface area contributed by atoms with E-state index in [2.05, 4.69) is 28.8 Å². The van der Waals surface area contributed by atoms with Crippen LogP contribution in [-0.2, 0) is 0 Å². The van der Waals surface area contributed by atoms with Gasteiger partial charge in [-0.1, -0.05) is 42.2 Å². The van der Waals surface area contributed by atoms with Gasteiger partial charge in [-0.25, -0.2) is 4.68 Å². The van der Waals surface area contributed by atoms with E-state index in [1.165, 1.54) is 9.58 Å². The quantitative estimate of drug-likeness (QED) is 0.644. The zero-order valence-electron chi connectivity index (χ0n) is 17.9. The molecule has 32 heavy (non-hydrogen) atoms. The highest BCUT2D eigenvalue weighted by atomic mass is 16.3. The number of amides is 1. The molecule has 8 heteroatoms. The molecule has 8 nitrogen and oxygen atoms in total. The van der Waals surface area contributed by atoms with Crippen molar-refractivity contribution >= 4 is 5.91 Å². The maximum absolute atomic E-state index is 12.8. The molecule has 0 bridgehead atoms. The highest BCUT2D eigenvalue weighted by molar-refractivity contribution is 5.95. The Hall–Kier alpha value is -4.30. The molecule has 2 aromatic heterocycles. The zero-order chi connectivity index (χ0) is 22.8. The predicted octanol–water partition coefficient (Wildman–Crippen LogP) is 1.80. The van der Waals surface area contributed by atoms with Crippen LogP contribution in [0.2, 0.25) is 0 Å². The number of fused-ring (bicyclic) bond motifs is 1. The lowest BCUT2D eigenvalue weighted by molar-refractivity contribution is 0.0667. The number of carbonyl (C=O) groups excluding carboxylic acids is 1. The summed E-state index contributed by atoms with van der Waals surface area (Å²) in [5.41, 5.74) is 1.33. The van der Waals surface area contributed by atoms with Crippen molar-refractivity contribution in [3.8, 4) is 29.4 Å². The van der Waals surface area contributed by atoms with Crippen molar-refractivity contribution in [1.29, 1.82) is 0 Å². The summed E-state index contributed by atoms with van der Waals surface area (Å²) in [7, 11) is 1.63. The summed E-state index contributed by atoms with van der Waals surface area (Å²) in [5.74, 6) is 10.7. The van der Waals surface area contributed by atoms with Crippen molar-refractivity contribution in [2.45, 2.75) is 25.9 Å². The average molecular weight is 427 g/mol. The Labute approximate surface area is 185 Å². The molecule has 0 radical (unpaired) electrons.